The zero-order valence-corrected chi connectivity index (χ0v) is 25.9. The van der Waals surface area contributed by atoms with Crippen LogP contribution in [0.15, 0.2) is 60.7 Å². The van der Waals surface area contributed by atoms with Crippen LogP contribution in [-0.2, 0) is 0 Å². The predicted octanol–water partition coefficient (Wildman–Crippen LogP) is 7.27. The SMILES string of the molecule is COc1nc(-c2cccc(-c3cc(-c4cc(Cl)nc(OC)c4C=O)cc(-c4ccc(C=O)c(OC)n4)c3C)c2C)ccc1C=O. The first-order valence-corrected chi connectivity index (χ1v) is 14.1. The lowest BCUT2D eigenvalue weighted by Gasteiger charge is -2.19. The van der Waals surface area contributed by atoms with Gasteiger partial charge >= 0.3 is 0 Å². The Labute approximate surface area is 264 Å². The fourth-order valence-corrected chi connectivity index (χ4v) is 5.53. The molecule has 0 bridgehead atoms. The van der Waals surface area contributed by atoms with Gasteiger partial charge in [0.2, 0.25) is 17.6 Å². The van der Waals surface area contributed by atoms with Crippen molar-refractivity contribution < 1.29 is 28.6 Å². The minimum Gasteiger partial charge on any atom is -0.480 e. The summed E-state index contributed by atoms with van der Waals surface area (Å²) in [5.41, 5.74) is 8.40. The van der Waals surface area contributed by atoms with E-state index in [2.05, 4.69) is 15.0 Å². The van der Waals surface area contributed by atoms with Gasteiger partial charge in [-0.2, -0.15) is 0 Å². The molecule has 0 amide bonds. The quantitative estimate of drug-likeness (QED) is 0.117. The second kappa shape index (κ2) is 13.1. The van der Waals surface area contributed by atoms with Gasteiger partial charge in [-0.25, -0.2) is 15.0 Å². The molecule has 0 aliphatic carbocycles. The topological polar surface area (TPSA) is 118 Å². The number of carbonyl (C=O) groups excluding carboxylic acids is 3. The molecule has 0 aliphatic heterocycles. The predicted molar refractivity (Wildman–Crippen MR) is 172 cm³/mol. The molecule has 10 heteroatoms. The Balaban J connectivity index is 1.82. The molecule has 0 saturated heterocycles. The first-order valence-electron chi connectivity index (χ1n) is 13.7. The number of benzene rings is 2. The molecule has 0 N–H and O–H groups in total. The van der Waals surface area contributed by atoms with Gasteiger partial charge in [0.25, 0.3) is 0 Å². The number of ether oxygens (including phenoxy) is 3. The van der Waals surface area contributed by atoms with Crippen LogP contribution in [0.3, 0.4) is 0 Å². The van der Waals surface area contributed by atoms with Gasteiger partial charge in [-0.05, 0) is 84.1 Å². The molecule has 0 aliphatic rings. The highest BCUT2D eigenvalue weighted by molar-refractivity contribution is 6.30. The Kier molecular flexibility index (Phi) is 9.01. The lowest BCUT2D eigenvalue weighted by atomic mass is 9.86. The maximum atomic E-state index is 12.3. The molecular formula is C35H28ClN3O6. The first-order chi connectivity index (χ1) is 21.8. The third-order valence-corrected chi connectivity index (χ3v) is 7.81. The average molecular weight is 622 g/mol. The van der Waals surface area contributed by atoms with Crippen molar-refractivity contribution in [2.75, 3.05) is 21.3 Å². The van der Waals surface area contributed by atoms with Crippen LogP contribution in [0.2, 0.25) is 5.15 Å². The number of nitrogens with zero attached hydrogens (tertiary/aromatic N) is 3. The van der Waals surface area contributed by atoms with Gasteiger partial charge in [0.1, 0.15) is 5.15 Å². The molecule has 2 aromatic carbocycles. The maximum Gasteiger partial charge on any atom is 0.225 e. The highest BCUT2D eigenvalue weighted by Crippen LogP contribution is 2.42. The fraction of sp³-hybridized carbons (Fsp3) is 0.143. The zero-order chi connectivity index (χ0) is 32.2. The third kappa shape index (κ3) is 5.77. The van der Waals surface area contributed by atoms with Gasteiger partial charge < -0.3 is 14.2 Å². The second-order valence-electron chi connectivity index (χ2n) is 10.0. The maximum absolute atomic E-state index is 12.3. The summed E-state index contributed by atoms with van der Waals surface area (Å²) < 4.78 is 16.1. The summed E-state index contributed by atoms with van der Waals surface area (Å²) in [6.07, 6.45) is 2.07. The van der Waals surface area contributed by atoms with Gasteiger partial charge in [-0.1, -0.05) is 29.8 Å². The zero-order valence-electron chi connectivity index (χ0n) is 25.2. The molecule has 9 nitrogen and oxygen atoms in total. The summed E-state index contributed by atoms with van der Waals surface area (Å²) in [5, 5.41) is 0.156. The number of rotatable bonds is 10. The summed E-state index contributed by atoms with van der Waals surface area (Å²) in [5.74, 6) is 0.521. The van der Waals surface area contributed by atoms with Crippen molar-refractivity contribution in [3.8, 4) is 62.4 Å². The molecule has 226 valence electrons. The summed E-state index contributed by atoms with van der Waals surface area (Å²) >= 11 is 6.38. The van der Waals surface area contributed by atoms with Crippen LogP contribution in [0.5, 0.6) is 17.6 Å². The molecule has 45 heavy (non-hydrogen) atoms. The van der Waals surface area contributed by atoms with Crippen LogP contribution in [0.1, 0.15) is 42.2 Å². The Bertz CT molecular complexity index is 1970. The van der Waals surface area contributed by atoms with Gasteiger partial charge in [0.05, 0.1) is 49.4 Å². The second-order valence-corrected chi connectivity index (χ2v) is 10.4. The summed E-state index contributed by atoms with van der Waals surface area (Å²) in [6, 6.07) is 18.2. The van der Waals surface area contributed by atoms with E-state index in [0.717, 1.165) is 33.4 Å². The summed E-state index contributed by atoms with van der Waals surface area (Å²) in [4.78, 5) is 48.8. The van der Waals surface area contributed by atoms with E-state index in [1.54, 1.807) is 30.3 Å². The molecule has 0 fully saturated rings. The lowest BCUT2D eigenvalue weighted by Crippen LogP contribution is -2.01. The Morgan fingerprint density at radius 3 is 1.67 bits per heavy atom. The van der Waals surface area contributed by atoms with E-state index in [4.69, 9.17) is 25.8 Å². The molecule has 5 rings (SSSR count). The van der Waals surface area contributed by atoms with Crippen molar-refractivity contribution in [2.45, 2.75) is 13.8 Å². The van der Waals surface area contributed by atoms with Crippen molar-refractivity contribution in [1.82, 2.24) is 15.0 Å². The van der Waals surface area contributed by atoms with Crippen molar-refractivity contribution in [3.05, 3.63) is 93.6 Å². The number of carbonyl (C=O) groups is 3. The monoisotopic (exact) mass is 621 g/mol. The van der Waals surface area contributed by atoms with E-state index in [1.807, 2.05) is 44.2 Å². The standard InChI is InChI=1S/C35H28ClN3O6/c1-19-24(7-6-8-25(19)30-11-9-21(16-40)33(37-30)43-3)26-13-23(28-15-32(36)39-35(45-5)29(28)18-42)14-27(20(26)2)31-12-10-22(17-41)34(38-31)44-4/h6-18H,1-5H3. The number of methoxy groups -OCH3 is 3. The first kappa shape index (κ1) is 31.0. The van der Waals surface area contributed by atoms with E-state index in [9.17, 15) is 14.4 Å². The van der Waals surface area contributed by atoms with Crippen LogP contribution in [-0.4, -0.2) is 55.1 Å². The number of aldehydes is 3. The molecule has 5 aromatic rings. The number of hydrogen-bond acceptors (Lipinski definition) is 9. The smallest absolute Gasteiger partial charge is 0.225 e. The van der Waals surface area contributed by atoms with Crippen LogP contribution in [0.25, 0.3) is 44.8 Å². The molecule has 3 heterocycles. The Hall–Kier alpha value is -5.41. The van der Waals surface area contributed by atoms with Gasteiger partial charge in [0, 0.05) is 16.7 Å². The summed E-state index contributed by atoms with van der Waals surface area (Å²) in [7, 11) is 4.35. The normalized spacial score (nSPS) is 10.7. The molecule has 0 saturated carbocycles. The fourth-order valence-electron chi connectivity index (χ4n) is 5.34. The molecule has 3 aromatic heterocycles. The molecular weight excluding hydrogens is 594 g/mol. The van der Waals surface area contributed by atoms with Gasteiger partial charge in [0.15, 0.2) is 18.9 Å². The third-order valence-electron chi connectivity index (χ3n) is 7.62. The van der Waals surface area contributed by atoms with Crippen LogP contribution in [0, 0.1) is 13.8 Å². The largest absolute Gasteiger partial charge is 0.480 e. The minimum absolute atomic E-state index is 0.100. The van der Waals surface area contributed by atoms with E-state index < -0.39 is 0 Å². The lowest BCUT2D eigenvalue weighted by molar-refractivity contribution is 0.111. The van der Waals surface area contributed by atoms with Crippen LogP contribution >= 0.6 is 11.6 Å². The number of pyridine rings is 3. The molecule has 0 unspecified atom stereocenters. The average Bonchev–Trinajstić information content (AvgIpc) is 3.07. The molecule has 0 radical (unpaired) electrons. The van der Waals surface area contributed by atoms with Crippen LogP contribution < -0.4 is 14.2 Å². The minimum atomic E-state index is 0.100. The van der Waals surface area contributed by atoms with Crippen molar-refractivity contribution in [2.24, 2.45) is 0 Å². The number of aromatic nitrogens is 3. The highest BCUT2D eigenvalue weighted by Gasteiger charge is 2.21. The summed E-state index contributed by atoms with van der Waals surface area (Å²) in [6.45, 7) is 3.96. The highest BCUT2D eigenvalue weighted by atomic mass is 35.5. The number of hydrogen-bond donors (Lipinski definition) is 0. The van der Waals surface area contributed by atoms with Gasteiger partial charge in [-0.3, -0.25) is 14.4 Å². The van der Waals surface area contributed by atoms with E-state index in [-0.39, 0.29) is 28.4 Å². The van der Waals surface area contributed by atoms with E-state index in [0.29, 0.717) is 52.5 Å². The van der Waals surface area contributed by atoms with Crippen molar-refractivity contribution in [1.29, 1.82) is 0 Å². The Morgan fingerprint density at radius 1 is 0.578 bits per heavy atom. The molecule has 0 spiro atoms. The number of halogens is 1. The van der Waals surface area contributed by atoms with Gasteiger partial charge in [-0.15, -0.1) is 0 Å². The molecule has 0 atom stereocenters. The van der Waals surface area contributed by atoms with Crippen LogP contribution in [0.4, 0.5) is 0 Å². The van der Waals surface area contributed by atoms with Crippen molar-refractivity contribution in [3.63, 3.8) is 0 Å². The van der Waals surface area contributed by atoms with Crippen molar-refractivity contribution >= 4 is 30.5 Å². The Morgan fingerprint density at radius 2 is 1.11 bits per heavy atom. The van der Waals surface area contributed by atoms with E-state index in [1.165, 1.54) is 21.3 Å². The van der Waals surface area contributed by atoms with E-state index >= 15 is 0 Å².